The molecule has 2 aliphatic heterocycles. The number of anilines is 1. The molecule has 19 heteroatoms. The van der Waals surface area contributed by atoms with Gasteiger partial charge in [0.2, 0.25) is 5.60 Å². The molecule has 0 saturated carbocycles. The lowest BCUT2D eigenvalue weighted by Gasteiger charge is -2.45. The van der Waals surface area contributed by atoms with Crippen molar-refractivity contribution < 1.29 is 46.8 Å². The van der Waals surface area contributed by atoms with Crippen LogP contribution in [0.25, 0.3) is 0 Å². The van der Waals surface area contributed by atoms with Crippen molar-refractivity contribution in [3.05, 3.63) is 11.1 Å². The first-order valence-corrected chi connectivity index (χ1v) is 12.4. The molecular weight excluding hydrogens is 526 g/mol. The molecule has 17 nitrogen and oxygen atoms in total. The molecule has 3 atom stereocenters. The van der Waals surface area contributed by atoms with E-state index >= 15 is 0 Å². The van der Waals surface area contributed by atoms with Crippen LogP contribution in [0.15, 0.2) is 10.5 Å². The Morgan fingerprint density at radius 2 is 2.08 bits per heavy atom. The maximum atomic E-state index is 13.0. The highest BCUT2D eigenvalue weighted by Gasteiger charge is 2.55. The molecule has 0 spiro atoms. The standard InChI is InChI=1S/C17H23N7O10S2/c1-17(2,14(27)28)34-22-10(8-6-35-15(19)20-8)12(25)21-11-9(24(13(11)26)36(30,31)32)5-23-4-7(3-18)33-16(23)29/h6-7,9,11H,3-5,18H2,1-2H3,(H2,19,20)(H,21,25)(H,27,28)(H,30,31,32)/b22-10-. The number of carbonyl (C=O) groups is 4. The van der Waals surface area contributed by atoms with E-state index in [2.05, 4.69) is 15.5 Å². The summed E-state index contributed by atoms with van der Waals surface area (Å²) in [5.41, 5.74) is 8.56. The van der Waals surface area contributed by atoms with Gasteiger partial charge < -0.3 is 36.4 Å². The zero-order valence-corrected chi connectivity index (χ0v) is 20.5. The molecule has 1 aromatic rings. The van der Waals surface area contributed by atoms with E-state index < -0.39 is 70.2 Å². The molecule has 3 rings (SSSR count). The van der Waals surface area contributed by atoms with Crippen LogP contribution in [0.4, 0.5) is 9.93 Å². The number of carbonyl (C=O) groups excluding carboxylic acids is 3. The number of nitrogens with zero attached hydrogens (tertiary/aromatic N) is 4. The Hall–Kier alpha value is -3.55. The summed E-state index contributed by atoms with van der Waals surface area (Å²) < 4.78 is 38.1. The van der Waals surface area contributed by atoms with Gasteiger partial charge in [-0.3, -0.25) is 14.1 Å². The quantitative estimate of drug-likeness (QED) is 0.0882. The third-order valence-corrected chi connectivity index (χ3v) is 6.81. The average Bonchev–Trinajstić information content (AvgIpc) is 3.35. The number of oxime groups is 1. The minimum Gasteiger partial charge on any atom is -0.478 e. The van der Waals surface area contributed by atoms with Crippen LogP contribution >= 0.6 is 11.3 Å². The fourth-order valence-corrected chi connectivity index (χ4v) is 4.64. The molecule has 0 bridgehead atoms. The minimum absolute atomic E-state index is 0.00268. The fraction of sp³-hybridized carbons (Fsp3) is 0.529. The molecule has 3 unspecified atom stereocenters. The summed E-state index contributed by atoms with van der Waals surface area (Å²) in [5, 5.41) is 16.4. The zero-order valence-electron chi connectivity index (χ0n) is 18.9. The number of β-lactam (4-membered cyclic amide) rings is 1. The highest BCUT2D eigenvalue weighted by atomic mass is 32.2. The third-order valence-electron chi connectivity index (χ3n) is 5.18. The number of amides is 3. The molecule has 2 aliphatic rings. The van der Waals surface area contributed by atoms with E-state index in [-0.39, 0.29) is 28.2 Å². The number of carboxylic acids is 1. The first kappa shape index (κ1) is 27.0. The number of ether oxygens (including phenoxy) is 1. The van der Waals surface area contributed by atoms with Crippen LogP contribution in [-0.2, 0) is 34.3 Å². The van der Waals surface area contributed by atoms with Crippen LogP contribution < -0.4 is 16.8 Å². The lowest BCUT2D eigenvalue weighted by molar-refractivity contribution is -0.161. The normalized spacial score (nSPS) is 22.8. The number of aromatic nitrogens is 1. The maximum absolute atomic E-state index is 13.0. The number of hydrogen-bond donors (Lipinski definition) is 5. The summed E-state index contributed by atoms with van der Waals surface area (Å²) in [6, 6.07) is -2.93. The lowest BCUT2D eigenvalue weighted by atomic mass is 9.97. The number of thiazole rings is 1. The Morgan fingerprint density at radius 1 is 1.42 bits per heavy atom. The Balaban J connectivity index is 1.86. The average molecular weight is 550 g/mol. The number of nitrogen functional groups attached to an aromatic ring is 1. The van der Waals surface area contributed by atoms with Crippen molar-refractivity contribution >= 4 is 56.4 Å². The van der Waals surface area contributed by atoms with Crippen molar-refractivity contribution in [1.29, 1.82) is 0 Å². The number of nitrogens with one attached hydrogen (secondary N) is 1. The largest absolute Gasteiger partial charge is 0.478 e. The summed E-state index contributed by atoms with van der Waals surface area (Å²) in [4.78, 5) is 58.9. The fourth-order valence-electron chi connectivity index (χ4n) is 3.22. The van der Waals surface area contributed by atoms with Crippen LogP contribution in [0, 0.1) is 0 Å². The first-order chi connectivity index (χ1) is 16.7. The lowest BCUT2D eigenvalue weighted by Crippen LogP contribution is -2.74. The summed E-state index contributed by atoms with van der Waals surface area (Å²) in [6.07, 6.45) is -1.49. The van der Waals surface area contributed by atoms with Gasteiger partial charge >= 0.3 is 22.4 Å². The van der Waals surface area contributed by atoms with Crippen molar-refractivity contribution in [1.82, 2.24) is 19.5 Å². The Labute approximate surface area is 207 Å². The predicted molar refractivity (Wildman–Crippen MR) is 121 cm³/mol. The molecule has 2 saturated heterocycles. The molecular formula is C17H23N7O10S2. The van der Waals surface area contributed by atoms with E-state index in [0.29, 0.717) is 0 Å². The van der Waals surface area contributed by atoms with E-state index in [9.17, 15) is 37.3 Å². The van der Waals surface area contributed by atoms with E-state index in [1.54, 1.807) is 0 Å². The highest BCUT2D eigenvalue weighted by molar-refractivity contribution is 7.84. The van der Waals surface area contributed by atoms with E-state index in [1.807, 2.05) is 0 Å². The molecule has 1 aromatic heterocycles. The van der Waals surface area contributed by atoms with Crippen LogP contribution in [0.2, 0.25) is 0 Å². The summed E-state index contributed by atoms with van der Waals surface area (Å²) in [7, 11) is -5.04. The van der Waals surface area contributed by atoms with Crippen molar-refractivity contribution in [2.24, 2.45) is 10.9 Å². The number of rotatable bonds is 10. The van der Waals surface area contributed by atoms with Gasteiger partial charge in [0.25, 0.3) is 11.8 Å². The van der Waals surface area contributed by atoms with E-state index in [0.717, 1.165) is 16.2 Å². The van der Waals surface area contributed by atoms with Gasteiger partial charge in [0.05, 0.1) is 12.6 Å². The second-order valence-corrected chi connectivity index (χ2v) is 10.4. The van der Waals surface area contributed by atoms with Gasteiger partial charge in [-0.2, -0.15) is 8.42 Å². The molecule has 198 valence electrons. The zero-order chi connectivity index (χ0) is 27.0. The SMILES string of the molecule is CC(C)(O/N=C(\C(=O)NC1C(=O)N(S(=O)(=O)O)C1CN1CC(CN)OC1=O)c1csc(N)n1)C(=O)O. The van der Waals surface area contributed by atoms with Crippen molar-refractivity contribution in [3.8, 4) is 0 Å². The molecule has 7 N–H and O–H groups in total. The summed E-state index contributed by atoms with van der Waals surface area (Å²) >= 11 is 0.935. The topological polar surface area (TPSA) is 257 Å². The second kappa shape index (κ2) is 9.84. The van der Waals surface area contributed by atoms with Gasteiger partial charge in [-0.05, 0) is 13.8 Å². The number of hydrogen-bond acceptors (Lipinski definition) is 13. The van der Waals surface area contributed by atoms with Gasteiger partial charge in [0, 0.05) is 18.5 Å². The number of nitrogens with two attached hydrogens (primary N) is 2. The van der Waals surface area contributed by atoms with Crippen molar-refractivity contribution in [3.63, 3.8) is 0 Å². The van der Waals surface area contributed by atoms with E-state index in [4.69, 9.17) is 21.0 Å². The Bertz CT molecular complexity index is 1210. The van der Waals surface area contributed by atoms with Crippen LogP contribution in [-0.4, -0.2) is 105 Å². The molecule has 0 radical (unpaired) electrons. The molecule has 2 fully saturated rings. The van der Waals surface area contributed by atoms with Gasteiger partial charge in [0.1, 0.15) is 17.8 Å². The second-order valence-electron chi connectivity index (χ2n) is 8.19. The van der Waals surface area contributed by atoms with Crippen molar-refractivity contribution in [2.45, 2.75) is 37.6 Å². The van der Waals surface area contributed by atoms with Crippen LogP contribution in [0.1, 0.15) is 19.5 Å². The first-order valence-electron chi connectivity index (χ1n) is 10.1. The van der Waals surface area contributed by atoms with Gasteiger partial charge in [-0.15, -0.1) is 11.3 Å². The highest BCUT2D eigenvalue weighted by Crippen LogP contribution is 2.26. The Kier molecular flexibility index (Phi) is 7.39. The molecule has 36 heavy (non-hydrogen) atoms. The van der Waals surface area contributed by atoms with Crippen LogP contribution in [0.5, 0.6) is 0 Å². The molecule has 3 heterocycles. The predicted octanol–water partition coefficient (Wildman–Crippen LogP) is -2.41. The third kappa shape index (κ3) is 5.48. The number of carboxylic acid groups (broad SMARTS) is 1. The summed E-state index contributed by atoms with van der Waals surface area (Å²) in [6.45, 7) is 1.90. The van der Waals surface area contributed by atoms with Crippen LogP contribution in [0.3, 0.4) is 0 Å². The number of aliphatic carboxylic acids is 1. The van der Waals surface area contributed by atoms with Crippen molar-refractivity contribution in [2.75, 3.05) is 25.4 Å². The van der Waals surface area contributed by atoms with Gasteiger partial charge in [-0.25, -0.2) is 18.9 Å². The maximum Gasteiger partial charge on any atom is 0.410 e. The molecule has 0 aromatic carbocycles. The molecule has 3 amide bonds. The van der Waals surface area contributed by atoms with Gasteiger partial charge in [-0.1, -0.05) is 5.16 Å². The number of cyclic esters (lactones) is 1. The molecule has 0 aliphatic carbocycles. The summed E-state index contributed by atoms with van der Waals surface area (Å²) in [5.74, 6) is -3.68. The Morgan fingerprint density at radius 3 is 2.58 bits per heavy atom. The van der Waals surface area contributed by atoms with Gasteiger partial charge in [0.15, 0.2) is 10.8 Å². The smallest absolute Gasteiger partial charge is 0.410 e. The minimum atomic E-state index is -5.04. The van der Waals surface area contributed by atoms with E-state index in [1.165, 1.54) is 19.2 Å². The monoisotopic (exact) mass is 549 g/mol.